The highest BCUT2D eigenvalue weighted by Gasteiger charge is 2.30. The molecule has 1 aliphatic heterocycles. The van der Waals surface area contributed by atoms with E-state index in [1.807, 2.05) is 0 Å². The van der Waals surface area contributed by atoms with Gasteiger partial charge in [0.1, 0.15) is 0 Å². The molecule has 2 rings (SSSR count). The summed E-state index contributed by atoms with van der Waals surface area (Å²) in [4.78, 5) is 0. The Hall–Kier alpha value is -0.130. The Morgan fingerprint density at radius 2 is 1.85 bits per heavy atom. The van der Waals surface area contributed by atoms with Gasteiger partial charge in [0.05, 0.1) is 6.26 Å². The molecule has 0 aromatic rings. The van der Waals surface area contributed by atoms with Gasteiger partial charge in [0, 0.05) is 19.1 Å². The van der Waals surface area contributed by atoms with Gasteiger partial charge in [-0.2, -0.15) is 0 Å². The minimum absolute atomic E-state index is 0.256. The number of piperidine rings is 1. The lowest BCUT2D eigenvalue weighted by atomic mass is 9.76. The zero-order valence-corrected chi connectivity index (χ0v) is 13.7. The van der Waals surface area contributed by atoms with Gasteiger partial charge in [0.15, 0.2) is 0 Å². The van der Waals surface area contributed by atoms with Gasteiger partial charge >= 0.3 is 0 Å². The minimum Gasteiger partial charge on any atom is -0.327 e. The minimum atomic E-state index is -3.03. The number of nitrogens with zero attached hydrogens (tertiary/aromatic N) is 1. The highest BCUT2D eigenvalue weighted by molar-refractivity contribution is 7.88. The average Bonchev–Trinajstić information content (AvgIpc) is 2.38. The molecule has 0 spiro atoms. The molecule has 2 fully saturated rings. The molecule has 118 valence electrons. The van der Waals surface area contributed by atoms with Gasteiger partial charge in [-0.3, -0.25) is 0 Å². The fourth-order valence-electron chi connectivity index (χ4n) is 3.81. The highest BCUT2D eigenvalue weighted by atomic mass is 32.2. The van der Waals surface area contributed by atoms with Crippen molar-refractivity contribution < 1.29 is 8.42 Å². The van der Waals surface area contributed by atoms with E-state index < -0.39 is 10.0 Å². The summed E-state index contributed by atoms with van der Waals surface area (Å²) in [6, 6.07) is 0.256. The highest BCUT2D eigenvalue weighted by Crippen LogP contribution is 2.33. The summed E-state index contributed by atoms with van der Waals surface area (Å²) in [5, 5.41) is 0. The van der Waals surface area contributed by atoms with E-state index in [-0.39, 0.29) is 6.04 Å². The van der Waals surface area contributed by atoms with Crippen molar-refractivity contribution in [3.05, 3.63) is 0 Å². The van der Waals surface area contributed by atoms with Gasteiger partial charge in [-0.15, -0.1) is 0 Å². The molecule has 2 unspecified atom stereocenters. The second kappa shape index (κ2) is 6.75. The number of sulfonamides is 1. The summed E-state index contributed by atoms with van der Waals surface area (Å²) >= 11 is 0. The summed E-state index contributed by atoms with van der Waals surface area (Å²) in [6.07, 6.45) is 9.53. The third-order valence-corrected chi connectivity index (χ3v) is 6.49. The summed E-state index contributed by atoms with van der Waals surface area (Å²) in [5.74, 6) is 1.96. The topological polar surface area (TPSA) is 63.4 Å². The first-order valence-corrected chi connectivity index (χ1v) is 9.91. The molecule has 2 N–H and O–H groups in total. The molecule has 0 aromatic heterocycles. The van der Waals surface area contributed by atoms with Crippen LogP contribution in [0.4, 0.5) is 0 Å². The molecule has 1 heterocycles. The number of hydrogen-bond acceptors (Lipinski definition) is 3. The zero-order chi connectivity index (χ0) is 14.8. The zero-order valence-electron chi connectivity index (χ0n) is 12.9. The Morgan fingerprint density at radius 3 is 2.45 bits per heavy atom. The molecule has 0 amide bonds. The summed E-state index contributed by atoms with van der Waals surface area (Å²) in [5.41, 5.74) is 6.41. The molecule has 0 aromatic carbocycles. The molecule has 4 nitrogen and oxygen atoms in total. The normalized spacial score (nSPS) is 34.9. The SMILES string of the molecule is CC1CCC(C(N)CC2CCCN(S(C)(=O)=O)C2)CC1. The predicted molar refractivity (Wildman–Crippen MR) is 82.9 cm³/mol. The van der Waals surface area contributed by atoms with Crippen molar-refractivity contribution in [3.8, 4) is 0 Å². The van der Waals surface area contributed by atoms with Crippen LogP contribution in [0.1, 0.15) is 51.9 Å². The van der Waals surface area contributed by atoms with E-state index >= 15 is 0 Å². The molecule has 5 heteroatoms. The summed E-state index contributed by atoms with van der Waals surface area (Å²) in [7, 11) is -3.03. The van der Waals surface area contributed by atoms with E-state index in [0.29, 0.717) is 24.9 Å². The molecule has 1 saturated heterocycles. The van der Waals surface area contributed by atoms with Crippen molar-refractivity contribution >= 4 is 10.0 Å². The first kappa shape index (κ1) is 16.2. The average molecular weight is 302 g/mol. The van der Waals surface area contributed by atoms with Gasteiger partial charge in [0.2, 0.25) is 10.0 Å². The Labute approximate surface area is 124 Å². The molecular formula is C15H30N2O2S. The maximum Gasteiger partial charge on any atom is 0.211 e. The molecule has 2 aliphatic rings. The van der Waals surface area contributed by atoms with E-state index in [9.17, 15) is 8.42 Å². The standard InChI is InChI=1S/C15H30N2O2S/c1-12-5-7-14(8-6-12)15(16)10-13-4-3-9-17(11-13)20(2,18)19/h12-15H,3-11,16H2,1-2H3. The van der Waals surface area contributed by atoms with Gasteiger partial charge in [-0.1, -0.05) is 19.8 Å². The first-order valence-electron chi connectivity index (χ1n) is 8.07. The van der Waals surface area contributed by atoms with Crippen LogP contribution in [0.2, 0.25) is 0 Å². The van der Waals surface area contributed by atoms with Crippen molar-refractivity contribution in [1.29, 1.82) is 0 Å². The van der Waals surface area contributed by atoms with E-state index in [0.717, 1.165) is 25.2 Å². The van der Waals surface area contributed by atoms with Crippen molar-refractivity contribution in [1.82, 2.24) is 4.31 Å². The van der Waals surface area contributed by atoms with E-state index in [1.165, 1.54) is 31.9 Å². The van der Waals surface area contributed by atoms with Crippen molar-refractivity contribution in [2.24, 2.45) is 23.5 Å². The maximum absolute atomic E-state index is 11.7. The van der Waals surface area contributed by atoms with Crippen LogP contribution in [0, 0.1) is 17.8 Å². The third-order valence-electron chi connectivity index (χ3n) is 5.22. The number of nitrogens with two attached hydrogens (primary N) is 1. The quantitative estimate of drug-likeness (QED) is 0.866. The van der Waals surface area contributed by atoms with Crippen LogP contribution in [0.5, 0.6) is 0 Å². The van der Waals surface area contributed by atoms with E-state index in [1.54, 1.807) is 4.31 Å². The monoisotopic (exact) mass is 302 g/mol. The van der Waals surface area contributed by atoms with Crippen LogP contribution >= 0.6 is 0 Å². The molecule has 1 aliphatic carbocycles. The second-order valence-corrected chi connectivity index (χ2v) is 9.03. The van der Waals surface area contributed by atoms with Crippen LogP contribution in [0.15, 0.2) is 0 Å². The van der Waals surface area contributed by atoms with Gasteiger partial charge in [-0.05, 0) is 49.9 Å². The predicted octanol–water partition coefficient (Wildman–Crippen LogP) is 2.20. The Morgan fingerprint density at radius 1 is 1.20 bits per heavy atom. The molecule has 1 saturated carbocycles. The molecule has 20 heavy (non-hydrogen) atoms. The fraction of sp³-hybridized carbons (Fsp3) is 1.00. The van der Waals surface area contributed by atoms with E-state index in [4.69, 9.17) is 5.73 Å². The Balaban J connectivity index is 1.83. The molecular weight excluding hydrogens is 272 g/mol. The summed E-state index contributed by atoms with van der Waals surface area (Å²) < 4.78 is 24.9. The molecule has 2 atom stereocenters. The third kappa shape index (κ3) is 4.43. The largest absolute Gasteiger partial charge is 0.327 e. The summed E-state index contributed by atoms with van der Waals surface area (Å²) in [6.45, 7) is 3.69. The number of rotatable bonds is 4. The smallest absolute Gasteiger partial charge is 0.211 e. The van der Waals surface area contributed by atoms with Crippen molar-refractivity contribution in [2.45, 2.75) is 57.9 Å². The molecule has 0 radical (unpaired) electrons. The van der Waals surface area contributed by atoms with Crippen LogP contribution < -0.4 is 5.73 Å². The second-order valence-electron chi connectivity index (χ2n) is 7.05. The first-order chi connectivity index (χ1) is 9.36. The Kier molecular flexibility index (Phi) is 5.49. The maximum atomic E-state index is 11.7. The molecule has 0 bridgehead atoms. The lowest BCUT2D eigenvalue weighted by molar-refractivity contribution is 0.198. The van der Waals surface area contributed by atoms with Crippen LogP contribution in [-0.2, 0) is 10.0 Å². The van der Waals surface area contributed by atoms with Crippen molar-refractivity contribution in [3.63, 3.8) is 0 Å². The van der Waals surface area contributed by atoms with Crippen molar-refractivity contribution in [2.75, 3.05) is 19.3 Å². The van der Waals surface area contributed by atoms with E-state index in [2.05, 4.69) is 6.92 Å². The lowest BCUT2D eigenvalue weighted by Gasteiger charge is -2.36. The lowest BCUT2D eigenvalue weighted by Crippen LogP contribution is -2.42. The van der Waals surface area contributed by atoms with Crippen LogP contribution in [0.3, 0.4) is 0 Å². The van der Waals surface area contributed by atoms with Gasteiger partial charge in [-0.25, -0.2) is 12.7 Å². The van der Waals surface area contributed by atoms with Gasteiger partial charge in [0.25, 0.3) is 0 Å². The fourth-order valence-corrected chi connectivity index (χ4v) is 4.75. The van der Waals surface area contributed by atoms with Gasteiger partial charge < -0.3 is 5.73 Å². The van der Waals surface area contributed by atoms with Crippen LogP contribution in [0.25, 0.3) is 0 Å². The number of hydrogen-bond donors (Lipinski definition) is 1. The van der Waals surface area contributed by atoms with Crippen LogP contribution in [-0.4, -0.2) is 38.1 Å². The Bertz CT molecular complexity index is 402.